The van der Waals surface area contributed by atoms with Crippen molar-refractivity contribution in [1.29, 1.82) is 5.26 Å². The molecule has 3 aliphatic heterocycles. The quantitative estimate of drug-likeness (QED) is 0.0815. The Balaban J connectivity index is 0.716. The molecule has 16 heteroatoms. The maximum absolute atomic E-state index is 14.2. The molecular formula is C58H71N9O6S. The lowest BCUT2D eigenvalue weighted by atomic mass is 9.70. The number of ketones is 1. The van der Waals surface area contributed by atoms with E-state index in [0.717, 1.165) is 94.9 Å². The number of aliphatic hydroxyl groups is 1. The van der Waals surface area contributed by atoms with E-state index < -0.39 is 34.9 Å². The number of nitrogens with zero attached hydrogens (tertiary/aromatic N) is 6. The Labute approximate surface area is 438 Å². The lowest BCUT2D eigenvalue weighted by molar-refractivity contribution is -0.144. The Morgan fingerprint density at radius 2 is 1.69 bits per heavy atom. The van der Waals surface area contributed by atoms with Crippen LogP contribution in [-0.4, -0.2) is 129 Å². The van der Waals surface area contributed by atoms with E-state index in [2.05, 4.69) is 69.4 Å². The first-order valence-electron chi connectivity index (χ1n) is 26.5. The van der Waals surface area contributed by atoms with Crippen LogP contribution in [0.3, 0.4) is 0 Å². The van der Waals surface area contributed by atoms with Crippen molar-refractivity contribution in [3.63, 3.8) is 0 Å². The summed E-state index contributed by atoms with van der Waals surface area (Å²) in [5.74, 6) is -0.929. The Bertz CT molecular complexity index is 2980. The molecule has 5 aromatic rings. The number of amides is 4. The maximum Gasteiger partial charge on any atom is 0.246 e. The number of anilines is 1. The van der Waals surface area contributed by atoms with E-state index in [1.54, 1.807) is 17.4 Å². The van der Waals surface area contributed by atoms with E-state index in [1.807, 2.05) is 74.5 Å². The molecule has 4 N–H and O–H groups in total. The number of carbonyl (C=O) groups excluding carboxylic acids is 5. The van der Waals surface area contributed by atoms with E-state index in [9.17, 15) is 34.3 Å². The third-order valence-corrected chi connectivity index (χ3v) is 17.0. The molecular weight excluding hydrogens is 951 g/mol. The summed E-state index contributed by atoms with van der Waals surface area (Å²) in [7, 11) is 0. The molecule has 9 rings (SSSR count). The Hall–Kier alpha value is -6.41. The number of piperidine rings is 1. The highest BCUT2D eigenvalue weighted by Gasteiger charge is 2.45. The van der Waals surface area contributed by atoms with Gasteiger partial charge in [-0.15, -0.1) is 11.3 Å². The summed E-state index contributed by atoms with van der Waals surface area (Å²) in [5, 5.41) is 26.9. The molecule has 4 amide bonds. The first-order valence-corrected chi connectivity index (χ1v) is 27.3. The molecule has 4 aliphatic rings. The van der Waals surface area contributed by atoms with Gasteiger partial charge in [-0.05, 0) is 91.0 Å². The van der Waals surface area contributed by atoms with Gasteiger partial charge in [0.2, 0.25) is 23.6 Å². The van der Waals surface area contributed by atoms with Crippen molar-refractivity contribution in [2.45, 2.75) is 136 Å². The minimum atomic E-state index is -0.919. The summed E-state index contributed by atoms with van der Waals surface area (Å²) in [6, 6.07) is 18.6. The summed E-state index contributed by atoms with van der Waals surface area (Å²) in [6.45, 7) is 19.1. The summed E-state index contributed by atoms with van der Waals surface area (Å²) < 4.78 is 0. The van der Waals surface area contributed by atoms with Gasteiger partial charge in [0.15, 0.2) is 5.78 Å². The zero-order valence-electron chi connectivity index (χ0n) is 44.0. The normalized spacial score (nSPS) is 19.5. The summed E-state index contributed by atoms with van der Waals surface area (Å²) in [6.07, 6.45) is 3.62. The predicted molar refractivity (Wildman–Crippen MR) is 288 cm³/mol. The molecule has 0 radical (unpaired) electrons. The number of fused-ring (bicyclic) bond motifs is 4. The number of β-amino-alcohol motifs (C(OH)–C–C–N with tert-alkyl or cyclic N) is 1. The number of hydrogen-bond acceptors (Lipinski definition) is 11. The molecule has 5 heterocycles. The van der Waals surface area contributed by atoms with E-state index in [-0.39, 0.29) is 49.4 Å². The van der Waals surface area contributed by atoms with Crippen LogP contribution >= 0.6 is 11.3 Å². The number of aromatic amines is 1. The van der Waals surface area contributed by atoms with Crippen molar-refractivity contribution in [3.05, 3.63) is 105 Å². The van der Waals surface area contributed by atoms with Crippen LogP contribution in [0.4, 0.5) is 5.69 Å². The number of thiazole rings is 1. The number of benzene rings is 3. The summed E-state index contributed by atoms with van der Waals surface area (Å²) >= 11 is 1.58. The number of aliphatic hydroxyl groups excluding tert-OH is 1. The average molecular weight is 1020 g/mol. The lowest BCUT2D eigenvalue weighted by Crippen LogP contribution is -2.57. The Kier molecular flexibility index (Phi) is 15.2. The highest BCUT2D eigenvalue weighted by atomic mass is 32.1. The standard InChI is InChI=1S/C58H71N9O6S/c1-8-38-28-43-44(58(6,7)53-50(51(43)71)42-18-15-37(31-59)27-45(42)62-53)30-46(38)65-21-19-40(20-22-65)64-23-25-66(26-24-64)49(70)12-10-9-11-48(69)63-54(57(3,4)5)56(73)67-33-41(68)29-47(67)55(72)60-32-36-13-16-39(17-14-36)52-35(2)61-34-74-52/h13-18,27-28,30,34,40-41,47,54,62,68H,8-12,19-26,29,32-33H2,1-7H3,(H,60,72)(H,63,69). The third kappa shape index (κ3) is 10.6. The first kappa shape index (κ1) is 52.5. The Morgan fingerprint density at radius 3 is 2.35 bits per heavy atom. The van der Waals surface area contributed by atoms with E-state index in [4.69, 9.17) is 0 Å². The molecule has 3 unspecified atom stereocenters. The van der Waals surface area contributed by atoms with Crippen LogP contribution < -0.4 is 15.5 Å². The number of aryl methyl sites for hydroxylation is 2. The number of likely N-dealkylation sites (tertiary alicyclic amines) is 1. The molecule has 2 aromatic heterocycles. The predicted octanol–water partition coefficient (Wildman–Crippen LogP) is 7.39. The van der Waals surface area contributed by atoms with Crippen molar-refractivity contribution < 1.29 is 29.1 Å². The van der Waals surface area contributed by atoms with Crippen LogP contribution in [0.15, 0.2) is 60.1 Å². The van der Waals surface area contributed by atoms with Gasteiger partial charge in [-0.2, -0.15) is 5.26 Å². The van der Waals surface area contributed by atoms with Crippen molar-refractivity contribution >= 4 is 57.3 Å². The number of unbranched alkanes of at least 4 members (excludes halogenated alkanes) is 1. The first-order chi connectivity index (χ1) is 35.4. The van der Waals surface area contributed by atoms with Crippen LogP contribution in [0.5, 0.6) is 0 Å². The fraction of sp³-hybridized carbons (Fsp3) is 0.500. The molecule has 74 heavy (non-hydrogen) atoms. The van der Waals surface area contributed by atoms with Gasteiger partial charge in [0.1, 0.15) is 12.1 Å². The second kappa shape index (κ2) is 21.4. The minimum Gasteiger partial charge on any atom is -0.391 e. The van der Waals surface area contributed by atoms with Crippen LogP contribution in [0.25, 0.3) is 21.3 Å². The monoisotopic (exact) mass is 1020 g/mol. The second-order valence-electron chi connectivity index (χ2n) is 22.4. The van der Waals surface area contributed by atoms with Crippen LogP contribution in [0.1, 0.15) is 136 Å². The number of hydrogen-bond donors (Lipinski definition) is 4. The van der Waals surface area contributed by atoms with Gasteiger partial charge in [0.25, 0.3) is 0 Å². The molecule has 390 valence electrons. The number of carbonyl (C=O) groups is 5. The van der Waals surface area contributed by atoms with Crippen molar-refractivity contribution in [2.24, 2.45) is 5.41 Å². The molecule has 15 nitrogen and oxygen atoms in total. The van der Waals surface area contributed by atoms with Gasteiger partial charge < -0.3 is 35.4 Å². The number of nitriles is 1. The van der Waals surface area contributed by atoms with Gasteiger partial charge in [0.05, 0.1) is 39.4 Å². The number of nitrogens with one attached hydrogen (secondary N) is 3. The molecule has 3 saturated heterocycles. The fourth-order valence-corrected chi connectivity index (χ4v) is 12.5. The highest BCUT2D eigenvalue weighted by molar-refractivity contribution is 7.13. The highest BCUT2D eigenvalue weighted by Crippen LogP contribution is 2.46. The van der Waals surface area contributed by atoms with Crippen molar-refractivity contribution in [1.82, 2.24) is 35.3 Å². The van der Waals surface area contributed by atoms with Crippen LogP contribution in [-0.2, 0) is 37.6 Å². The van der Waals surface area contributed by atoms with Crippen molar-refractivity contribution in [3.8, 4) is 16.5 Å². The molecule has 3 fully saturated rings. The topological polar surface area (TPSA) is 195 Å². The number of piperazine rings is 1. The van der Waals surface area contributed by atoms with E-state index >= 15 is 0 Å². The number of rotatable bonds is 14. The zero-order chi connectivity index (χ0) is 52.6. The molecule has 1 aliphatic carbocycles. The number of H-pyrrole nitrogens is 1. The van der Waals surface area contributed by atoms with Gasteiger partial charge in [-0.25, -0.2) is 4.98 Å². The maximum atomic E-state index is 14.2. The summed E-state index contributed by atoms with van der Waals surface area (Å²) in [5.41, 5.74) is 10.7. The number of aromatic nitrogens is 2. The fourth-order valence-electron chi connectivity index (χ4n) is 11.7. The average Bonchev–Trinajstić information content (AvgIpc) is 4.14. The zero-order valence-corrected chi connectivity index (χ0v) is 44.8. The van der Waals surface area contributed by atoms with Crippen LogP contribution in [0.2, 0.25) is 0 Å². The molecule has 0 saturated carbocycles. The van der Waals surface area contributed by atoms with Crippen molar-refractivity contribution in [2.75, 3.05) is 50.7 Å². The van der Waals surface area contributed by atoms with Gasteiger partial charge in [0, 0.05) is 111 Å². The second-order valence-corrected chi connectivity index (χ2v) is 23.2. The molecule has 0 bridgehead atoms. The van der Waals surface area contributed by atoms with Gasteiger partial charge in [-0.1, -0.05) is 71.9 Å². The van der Waals surface area contributed by atoms with Gasteiger partial charge >= 0.3 is 0 Å². The molecule has 3 aromatic carbocycles. The third-order valence-electron chi connectivity index (χ3n) is 16.0. The SMILES string of the molecule is CCc1cc2c(cc1N1CCC(N3CCN(C(=O)CCCCC(=O)NC(C(=O)N4CC(O)CC4C(=O)NCc4ccc(-c5scnc5C)cc4)C(C)(C)C)CC3)CC1)C(C)(C)c1[nH]c3cc(C#N)ccc3c1C2=O. The lowest BCUT2D eigenvalue weighted by Gasteiger charge is -2.44. The largest absolute Gasteiger partial charge is 0.391 e. The van der Waals surface area contributed by atoms with E-state index in [0.29, 0.717) is 49.5 Å². The van der Waals surface area contributed by atoms with Gasteiger partial charge in [-0.3, -0.25) is 28.9 Å². The molecule has 0 spiro atoms. The molecule has 3 atom stereocenters. The van der Waals surface area contributed by atoms with Crippen LogP contribution in [0, 0.1) is 23.7 Å². The smallest absolute Gasteiger partial charge is 0.246 e. The Morgan fingerprint density at radius 1 is 0.973 bits per heavy atom. The summed E-state index contributed by atoms with van der Waals surface area (Å²) in [4.78, 5) is 86.0. The van der Waals surface area contributed by atoms with E-state index in [1.165, 1.54) is 16.2 Å². The minimum absolute atomic E-state index is 0.000285.